The maximum atomic E-state index is 7.29. The van der Waals surface area contributed by atoms with Crippen molar-refractivity contribution >= 4 is 0 Å². The molecule has 0 saturated heterocycles. The molecule has 1 aromatic carbocycles. The van der Waals surface area contributed by atoms with Crippen LogP contribution >= 0.6 is 0 Å². The van der Waals surface area contributed by atoms with E-state index < -0.39 is 13.1 Å². The zero-order valence-electron chi connectivity index (χ0n) is 9.05. The molecule has 2 rings (SSSR count). The molecule has 51 valence electrons. The van der Waals surface area contributed by atoms with Crippen molar-refractivity contribution in [2.75, 3.05) is 13.1 Å². The van der Waals surface area contributed by atoms with Crippen LogP contribution in [0.3, 0.4) is 0 Å². The summed E-state index contributed by atoms with van der Waals surface area (Å²) in [5.41, 5.74) is 0. The van der Waals surface area contributed by atoms with Crippen molar-refractivity contribution in [2.45, 2.75) is 0 Å². The van der Waals surface area contributed by atoms with Crippen LogP contribution in [-0.4, -0.2) is 13.1 Å². The first-order chi connectivity index (χ1) is 6.42. The summed E-state index contributed by atoms with van der Waals surface area (Å²) < 4.78 is 38.9. The summed E-state index contributed by atoms with van der Waals surface area (Å²) in [5.74, 6) is 0.344. The number of hydrogen-bond acceptors (Lipinski definition) is 2. The smallest absolute Gasteiger partial charge is 0.161 e. The number of ether oxygens (including phenoxy) is 2. The first-order valence-corrected chi connectivity index (χ1v) is 2.80. The van der Waals surface area contributed by atoms with E-state index >= 15 is 0 Å². The van der Waals surface area contributed by atoms with Crippen LogP contribution in [-0.2, 0) is 0 Å². The van der Waals surface area contributed by atoms with E-state index in [2.05, 4.69) is 6.07 Å². The zero-order chi connectivity index (χ0) is 10.4. The second kappa shape index (κ2) is 2.21. The van der Waals surface area contributed by atoms with E-state index in [9.17, 15) is 0 Å². The van der Waals surface area contributed by atoms with Crippen LogP contribution < -0.4 is 9.47 Å². The predicted molar refractivity (Wildman–Crippen MR) is 36.3 cm³/mol. The van der Waals surface area contributed by atoms with Crippen molar-refractivity contribution < 1.29 is 15.0 Å². The van der Waals surface area contributed by atoms with Crippen molar-refractivity contribution in [3.8, 4) is 11.5 Å². The molecule has 0 spiro atoms. The Balaban J connectivity index is 2.46. The summed E-state index contributed by atoms with van der Waals surface area (Å²) in [7, 11) is 0. The summed E-state index contributed by atoms with van der Waals surface area (Å²) in [6.45, 7) is -4.98. The second-order valence-corrected chi connectivity index (χ2v) is 1.78. The highest BCUT2D eigenvalue weighted by molar-refractivity contribution is 5.39. The SMILES string of the molecule is [2H]C1([2H])Oc2c[c]ccc2OC1([2H])[2H]. The molecule has 0 N–H and O–H groups in total. The van der Waals surface area contributed by atoms with Crippen LogP contribution in [0, 0.1) is 6.07 Å². The fraction of sp³-hybridized carbons (Fsp3) is 0.250. The molecule has 0 aliphatic carbocycles. The van der Waals surface area contributed by atoms with Gasteiger partial charge in [-0.25, -0.2) is 0 Å². The highest BCUT2D eigenvalue weighted by Crippen LogP contribution is 2.28. The van der Waals surface area contributed by atoms with Gasteiger partial charge < -0.3 is 9.47 Å². The summed E-state index contributed by atoms with van der Waals surface area (Å²) >= 11 is 0. The quantitative estimate of drug-likeness (QED) is 0.538. The van der Waals surface area contributed by atoms with Gasteiger partial charge in [0.25, 0.3) is 0 Å². The molecular formula is C8H7O2. The topological polar surface area (TPSA) is 18.5 Å². The first kappa shape index (κ1) is 2.82. The molecule has 0 bridgehead atoms. The lowest BCUT2D eigenvalue weighted by Crippen LogP contribution is -2.14. The van der Waals surface area contributed by atoms with E-state index in [1.807, 2.05) is 0 Å². The highest BCUT2D eigenvalue weighted by atomic mass is 16.6. The summed E-state index contributed by atoms with van der Waals surface area (Å²) in [4.78, 5) is 0. The number of benzene rings is 1. The standard InChI is InChI=1S/C8H7O2/c1-2-4-8-7(3-1)9-5-6-10-8/h1,3-4H,5-6H2/i5D2,6D2. The molecule has 1 aliphatic rings. The predicted octanol–water partition coefficient (Wildman–Crippen LogP) is 1.26. The van der Waals surface area contributed by atoms with Gasteiger partial charge in [0.2, 0.25) is 0 Å². The van der Waals surface area contributed by atoms with E-state index in [0.717, 1.165) is 0 Å². The van der Waals surface area contributed by atoms with E-state index in [0.29, 0.717) is 0 Å². The Morgan fingerprint density at radius 2 is 2.20 bits per heavy atom. The Hall–Kier alpha value is -1.18. The normalized spacial score (nSPS) is 30.8. The molecule has 0 fully saturated rings. The van der Waals surface area contributed by atoms with E-state index in [4.69, 9.17) is 15.0 Å². The third-order valence-corrected chi connectivity index (χ3v) is 1.15. The van der Waals surface area contributed by atoms with Crippen LogP contribution in [0.4, 0.5) is 0 Å². The number of rotatable bonds is 0. The first-order valence-electron chi connectivity index (χ1n) is 4.80. The lowest BCUT2D eigenvalue weighted by Gasteiger charge is -2.16. The molecule has 2 nitrogen and oxygen atoms in total. The van der Waals surface area contributed by atoms with Gasteiger partial charge in [-0.15, -0.1) is 0 Å². The van der Waals surface area contributed by atoms with Gasteiger partial charge in [0.1, 0.15) is 13.1 Å². The van der Waals surface area contributed by atoms with Crippen molar-refractivity contribution in [3.63, 3.8) is 0 Å². The number of fused-ring (bicyclic) bond motifs is 1. The van der Waals surface area contributed by atoms with Gasteiger partial charge in [0.05, 0.1) is 5.48 Å². The molecule has 0 atom stereocenters. The lowest BCUT2D eigenvalue weighted by atomic mass is 10.3. The molecule has 0 saturated carbocycles. The van der Waals surface area contributed by atoms with Crippen LogP contribution in [0.5, 0.6) is 11.5 Å². The Bertz CT molecular complexity index is 329. The minimum Gasteiger partial charge on any atom is -0.486 e. The Labute approximate surface area is 65.0 Å². The highest BCUT2D eigenvalue weighted by Gasteiger charge is 2.08. The van der Waals surface area contributed by atoms with Crippen LogP contribution in [0.2, 0.25) is 0 Å². The van der Waals surface area contributed by atoms with Crippen molar-refractivity contribution in [1.29, 1.82) is 0 Å². The van der Waals surface area contributed by atoms with Crippen molar-refractivity contribution in [3.05, 3.63) is 24.3 Å². The molecular weight excluding hydrogens is 128 g/mol. The van der Waals surface area contributed by atoms with Gasteiger partial charge in [-0.1, -0.05) is 6.07 Å². The molecule has 0 unspecified atom stereocenters. The molecule has 1 heterocycles. The zero-order valence-corrected chi connectivity index (χ0v) is 5.05. The van der Waals surface area contributed by atoms with E-state index in [1.165, 1.54) is 12.1 Å². The van der Waals surface area contributed by atoms with Crippen LogP contribution in [0.1, 0.15) is 5.48 Å². The number of hydrogen-bond donors (Lipinski definition) is 0. The second-order valence-electron chi connectivity index (χ2n) is 1.78. The average Bonchev–Trinajstić information content (AvgIpc) is 2.05. The minimum absolute atomic E-state index is 0.160. The monoisotopic (exact) mass is 139 g/mol. The third-order valence-electron chi connectivity index (χ3n) is 1.15. The van der Waals surface area contributed by atoms with Gasteiger partial charge in [-0.05, 0) is 18.2 Å². The Kier molecular flexibility index (Phi) is 0.625. The molecule has 10 heavy (non-hydrogen) atoms. The summed E-state index contributed by atoms with van der Waals surface area (Å²) in [5, 5.41) is 0. The maximum absolute atomic E-state index is 7.29. The van der Waals surface area contributed by atoms with Gasteiger partial charge >= 0.3 is 0 Å². The van der Waals surface area contributed by atoms with Crippen molar-refractivity contribution in [2.24, 2.45) is 0 Å². The van der Waals surface area contributed by atoms with E-state index in [-0.39, 0.29) is 11.5 Å². The molecule has 0 amide bonds. The summed E-state index contributed by atoms with van der Waals surface area (Å²) in [6, 6.07) is 7.11. The molecule has 1 aliphatic heterocycles. The molecule has 1 radical (unpaired) electrons. The van der Waals surface area contributed by atoms with Gasteiger partial charge in [-0.2, -0.15) is 0 Å². The molecule has 0 aromatic heterocycles. The Morgan fingerprint density at radius 1 is 1.40 bits per heavy atom. The van der Waals surface area contributed by atoms with Gasteiger partial charge in [0, 0.05) is 0 Å². The Morgan fingerprint density at radius 3 is 3.10 bits per heavy atom. The van der Waals surface area contributed by atoms with E-state index in [1.54, 1.807) is 6.07 Å². The average molecular weight is 139 g/mol. The van der Waals surface area contributed by atoms with Gasteiger partial charge in [-0.3, -0.25) is 0 Å². The van der Waals surface area contributed by atoms with Crippen LogP contribution in [0.25, 0.3) is 0 Å². The summed E-state index contributed by atoms with van der Waals surface area (Å²) in [6.07, 6.45) is 0. The maximum Gasteiger partial charge on any atom is 0.161 e. The fourth-order valence-corrected chi connectivity index (χ4v) is 0.717. The molecule has 1 aromatic rings. The minimum atomic E-state index is -2.49. The van der Waals surface area contributed by atoms with Crippen molar-refractivity contribution in [1.82, 2.24) is 0 Å². The van der Waals surface area contributed by atoms with Gasteiger partial charge in [0.15, 0.2) is 11.5 Å². The lowest BCUT2D eigenvalue weighted by molar-refractivity contribution is 0.171. The fourth-order valence-electron chi connectivity index (χ4n) is 0.717. The third kappa shape index (κ3) is 0.817. The van der Waals surface area contributed by atoms with Crippen LogP contribution in [0.15, 0.2) is 18.2 Å². The largest absolute Gasteiger partial charge is 0.486 e. The molecule has 2 heteroatoms.